The van der Waals surface area contributed by atoms with Crippen LogP contribution < -0.4 is 11.5 Å². The van der Waals surface area contributed by atoms with Gasteiger partial charge in [-0.2, -0.15) is 0 Å². The Hall–Kier alpha value is -2.08. The average Bonchev–Trinajstić information content (AvgIpc) is 2.67. The average molecular weight is 263 g/mol. The minimum Gasteiger partial charge on any atom is -0.408 e. The lowest BCUT2D eigenvalue weighted by molar-refractivity contribution is -0.130. The molecule has 0 aliphatic carbocycles. The molecule has 0 saturated heterocycles. The number of rotatable bonds is 4. The minimum atomic E-state index is -0.478. The van der Waals surface area contributed by atoms with Gasteiger partial charge in [-0.05, 0) is 24.6 Å². The van der Waals surface area contributed by atoms with Gasteiger partial charge in [-0.25, -0.2) is 4.79 Å². The summed E-state index contributed by atoms with van der Waals surface area (Å²) in [5, 5.41) is 0. The number of benzene rings is 1. The maximum atomic E-state index is 11.8. The van der Waals surface area contributed by atoms with Gasteiger partial charge in [-0.1, -0.05) is 6.07 Å². The molecular formula is C13H17N3O3. The van der Waals surface area contributed by atoms with Crippen LogP contribution in [-0.4, -0.2) is 28.9 Å². The van der Waals surface area contributed by atoms with Gasteiger partial charge >= 0.3 is 5.76 Å². The molecule has 1 aromatic heterocycles. The number of oxazole rings is 1. The van der Waals surface area contributed by atoms with Crippen LogP contribution in [0.2, 0.25) is 0 Å². The lowest BCUT2D eigenvalue weighted by Crippen LogP contribution is -2.31. The van der Waals surface area contributed by atoms with Crippen molar-refractivity contribution in [3.8, 4) is 0 Å². The van der Waals surface area contributed by atoms with Crippen molar-refractivity contribution in [1.82, 2.24) is 9.88 Å². The fourth-order valence-corrected chi connectivity index (χ4v) is 1.89. The molecule has 19 heavy (non-hydrogen) atoms. The molecule has 6 heteroatoms. The van der Waals surface area contributed by atoms with Crippen molar-refractivity contribution in [1.29, 1.82) is 0 Å². The lowest BCUT2D eigenvalue weighted by atomic mass is 10.1. The van der Waals surface area contributed by atoms with Gasteiger partial charge in [0.25, 0.3) is 0 Å². The summed E-state index contributed by atoms with van der Waals surface area (Å²) in [5.41, 5.74) is 7.67. The van der Waals surface area contributed by atoms with E-state index >= 15 is 0 Å². The Bertz CT molecular complexity index is 642. The van der Waals surface area contributed by atoms with Gasteiger partial charge < -0.3 is 15.1 Å². The van der Waals surface area contributed by atoms with Crippen molar-refractivity contribution in [3.63, 3.8) is 0 Å². The summed E-state index contributed by atoms with van der Waals surface area (Å²) in [6.45, 7) is 2.27. The number of carbonyl (C=O) groups excluding carboxylic acids is 1. The van der Waals surface area contributed by atoms with Crippen molar-refractivity contribution in [2.45, 2.75) is 25.9 Å². The number of aromatic nitrogens is 1. The Morgan fingerprint density at radius 2 is 2.26 bits per heavy atom. The quantitative estimate of drug-likeness (QED) is 0.854. The van der Waals surface area contributed by atoms with E-state index in [4.69, 9.17) is 10.2 Å². The number of amides is 1. The first-order chi connectivity index (χ1) is 8.95. The van der Waals surface area contributed by atoms with Crippen molar-refractivity contribution < 1.29 is 9.21 Å². The highest BCUT2D eigenvalue weighted by Crippen LogP contribution is 2.13. The van der Waals surface area contributed by atoms with Crippen LogP contribution >= 0.6 is 0 Å². The number of nitrogens with two attached hydrogens (primary N) is 1. The summed E-state index contributed by atoms with van der Waals surface area (Å²) in [6, 6.07) is 5.19. The van der Waals surface area contributed by atoms with Crippen LogP contribution in [-0.2, 0) is 11.3 Å². The van der Waals surface area contributed by atoms with E-state index in [0.717, 1.165) is 5.56 Å². The number of hydrogen-bond donors (Lipinski definition) is 2. The van der Waals surface area contributed by atoms with Gasteiger partial charge in [0.1, 0.15) is 0 Å². The van der Waals surface area contributed by atoms with E-state index in [1.54, 1.807) is 31.0 Å². The topological polar surface area (TPSA) is 92.3 Å². The maximum absolute atomic E-state index is 11.8. The Balaban J connectivity index is 2.12. The first-order valence-corrected chi connectivity index (χ1v) is 6.07. The SMILES string of the molecule is CC(N)CC(=O)N(C)Cc1ccc2oc(=O)[nH]c2c1. The van der Waals surface area contributed by atoms with E-state index in [-0.39, 0.29) is 11.9 Å². The summed E-state index contributed by atoms with van der Waals surface area (Å²) in [6.07, 6.45) is 0.321. The monoisotopic (exact) mass is 263 g/mol. The normalized spacial score (nSPS) is 12.6. The van der Waals surface area contributed by atoms with Crippen molar-refractivity contribution >= 4 is 17.0 Å². The molecule has 1 unspecified atom stereocenters. The van der Waals surface area contributed by atoms with Gasteiger partial charge in [0.05, 0.1) is 5.52 Å². The Kier molecular flexibility index (Phi) is 3.71. The molecule has 6 nitrogen and oxygen atoms in total. The first-order valence-electron chi connectivity index (χ1n) is 6.07. The highest BCUT2D eigenvalue weighted by atomic mass is 16.4. The number of H-pyrrole nitrogens is 1. The molecule has 1 atom stereocenters. The molecule has 2 aromatic rings. The van der Waals surface area contributed by atoms with E-state index in [1.807, 2.05) is 6.07 Å². The Morgan fingerprint density at radius 1 is 1.53 bits per heavy atom. The highest BCUT2D eigenvalue weighted by Gasteiger charge is 2.12. The number of carbonyl (C=O) groups is 1. The second kappa shape index (κ2) is 5.27. The van der Waals surface area contributed by atoms with Crippen LogP contribution in [0.15, 0.2) is 27.4 Å². The Labute approximate surface area is 110 Å². The zero-order valence-electron chi connectivity index (χ0n) is 11.0. The molecule has 0 radical (unpaired) electrons. The second-order valence-electron chi connectivity index (χ2n) is 4.78. The molecule has 0 aliphatic heterocycles. The summed E-state index contributed by atoms with van der Waals surface area (Å²) < 4.78 is 4.92. The smallest absolute Gasteiger partial charge is 0.408 e. The largest absolute Gasteiger partial charge is 0.417 e. The molecule has 0 bridgehead atoms. The van der Waals surface area contributed by atoms with E-state index in [9.17, 15) is 9.59 Å². The van der Waals surface area contributed by atoms with Gasteiger partial charge in [-0.15, -0.1) is 0 Å². The van der Waals surface area contributed by atoms with Crippen molar-refractivity contribution in [3.05, 3.63) is 34.3 Å². The molecule has 0 fully saturated rings. The maximum Gasteiger partial charge on any atom is 0.417 e. The van der Waals surface area contributed by atoms with Crippen LogP contribution in [0.3, 0.4) is 0 Å². The molecular weight excluding hydrogens is 246 g/mol. The molecule has 0 saturated carbocycles. The minimum absolute atomic E-state index is 0.00390. The molecule has 3 N–H and O–H groups in total. The van der Waals surface area contributed by atoms with Gasteiger partial charge in [0.15, 0.2) is 5.58 Å². The third kappa shape index (κ3) is 3.23. The van der Waals surface area contributed by atoms with Crippen molar-refractivity contribution in [2.75, 3.05) is 7.05 Å². The van der Waals surface area contributed by atoms with E-state index < -0.39 is 5.76 Å². The summed E-state index contributed by atoms with van der Waals surface area (Å²) in [7, 11) is 1.73. The van der Waals surface area contributed by atoms with Crippen LogP contribution in [0.1, 0.15) is 18.9 Å². The Morgan fingerprint density at radius 3 is 2.95 bits per heavy atom. The van der Waals surface area contributed by atoms with Gasteiger partial charge in [0.2, 0.25) is 5.91 Å². The summed E-state index contributed by atoms with van der Waals surface area (Å²) in [4.78, 5) is 27.0. The van der Waals surface area contributed by atoms with Crippen LogP contribution in [0.25, 0.3) is 11.1 Å². The number of aromatic amines is 1. The molecule has 1 amide bonds. The lowest BCUT2D eigenvalue weighted by Gasteiger charge is -2.18. The molecule has 2 rings (SSSR count). The number of nitrogens with one attached hydrogen (secondary N) is 1. The van der Waals surface area contributed by atoms with Crippen molar-refractivity contribution in [2.24, 2.45) is 5.73 Å². The summed E-state index contributed by atoms with van der Waals surface area (Å²) >= 11 is 0. The third-order valence-electron chi connectivity index (χ3n) is 2.83. The number of fused-ring (bicyclic) bond motifs is 1. The predicted molar refractivity (Wildman–Crippen MR) is 71.6 cm³/mol. The van der Waals surface area contributed by atoms with Crippen LogP contribution in [0.5, 0.6) is 0 Å². The van der Waals surface area contributed by atoms with E-state index in [1.165, 1.54) is 0 Å². The predicted octanol–water partition coefficient (Wildman–Crippen LogP) is 0.817. The first kappa shape index (κ1) is 13.4. The highest BCUT2D eigenvalue weighted by molar-refractivity contribution is 5.77. The zero-order valence-corrected chi connectivity index (χ0v) is 11.0. The van der Waals surface area contributed by atoms with E-state index in [2.05, 4.69) is 4.98 Å². The second-order valence-corrected chi connectivity index (χ2v) is 4.78. The van der Waals surface area contributed by atoms with Gasteiger partial charge in [0, 0.05) is 26.1 Å². The van der Waals surface area contributed by atoms with Crippen LogP contribution in [0, 0.1) is 0 Å². The van der Waals surface area contributed by atoms with Gasteiger partial charge in [-0.3, -0.25) is 9.78 Å². The standard InChI is InChI=1S/C13H17N3O3/c1-8(14)5-12(17)16(2)7-9-3-4-11-10(6-9)15-13(18)19-11/h3-4,6,8H,5,7,14H2,1-2H3,(H,15,18). The third-order valence-corrected chi connectivity index (χ3v) is 2.83. The molecule has 1 aromatic carbocycles. The number of hydrogen-bond acceptors (Lipinski definition) is 4. The molecule has 0 aliphatic rings. The fourth-order valence-electron chi connectivity index (χ4n) is 1.89. The molecule has 0 spiro atoms. The van der Waals surface area contributed by atoms with E-state index in [0.29, 0.717) is 24.1 Å². The molecule has 1 heterocycles. The number of nitrogens with zero attached hydrogens (tertiary/aromatic N) is 1. The fraction of sp³-hybridized carbons (Fsp3) is 0.385. The summed E-state index contributed by atoms with van der Waals surface area (Å²) in [5.74, 6) is -0.482. The zero-order chi connectivity index (χ0) is 14.0. The van der Waals surface area contributed by atoms with Crippen LogP contribution in [0.4, 0.5) is 0 Å². The molecule has 102 valence electrons.